The average Bonchev–Trinajstić information content (AvgIpc) is 2.50. The van der Waals surface area contributed by atoms with Crippen LogP contribution in [0.15, 0.2) is 28.7 Å². The minimum atomic E-state index is -0.244. The van der Waals surface area contributed by atoms with E-state index >= 15 is 0 Å². The number of anilines is 1. The van der Waals surface area contributed by atoms with E-state index in [4.69, 9.17) is 5.73 Å². The SMILES string of the molecule is Cc1cc(Br)c(-c2cc(N)ccc2F)s1. The first-order chi connectivity index (χ1) is 7.08. The second-order valence-corrected chi connectivity index (χ2v) is 5.38. The van der Waals surface area contributed by atoms with Crippen LogP contribution in [0.3, 0.4) is 0 Å². The second kappa shape index (κ2) is 3.94. The molecule has 0 fully saturated rings. The van der Waals surface area contributed by atoms with Gasteiger partial charge in [-0.15, -0.1) is 11.3 Å². The highest BCUT2D eigenvalue weighted by Gasteiger charge is 2.11. The Morgan fingerprint density at radius 3 is 2.67 bits per heavy atom. The molecule has 0 amide bonds. The number of aryl methyl sites for hydroxylation is 1. The first kappa shape index (κ1) is 10.6. The summed E-state index contributed by atoms with van der Waals surface area (Å²) in [6.45, 7) is 1.99. The molecule has 15 heavy (non-hydrogen) atoms. The second-order valence-electron chi connectivity index (χ2n) is 3.27. The van der Waals surface area contributed by atoms with Gasteiger partial charge in [0.05, 0.1) is 4.88 Å². The van der Waals surface area contributed by atoms with Crippen LogP contribution in [0, 0.1) is 12.7 Å². The van der Waals surface area contributed by atoms with E-state index in [1.807, 2.05) is 13.0 Å². The lowest BCUT2D eigenvalue weighted by Crippen LogP contribution is -1.88. The summed E-state index contributed by atoms with van der Waals surface area (Å²) in [5.41, 5.74) is 6.77. The Labute approximate surface area is 99.9 Å². The third-order valence-electron chi connectivity index (χ3n) is 2.04. The minimum absolute atomic E-state index is 0.244. The molecule has 0 bridgehead atoms. The molecule has 0 aliphatic rings. The Hall–Kier alpha value is -0.870. The van der Waals surface area contributed by atoms with Gasteiger partial charge in [0.25, 0.3) is 0 Å². The molecule has 0 radical (unpaired) electrons. The van der Waals surface area contributed by atoms with E-state index in [0.29, 0.717) is 11.3 Å². The van der Waals surface area contributed by atoms with Crippen molar-refractivity contribution in [1.82, 2.24) is 0 Å². The molecule has 0 unspecified atom stereocenters. The molecule has 2 aromatic rings. The van der Waals surface area contributed by atoms with Gasteiger partial charge in [-0.2, -0.15) is 0 Å². The molecule has 4 heteroatoms. The molecule has 1 aromatic heterocycles. The Morgan fingerprint density at radius 2 is 2.07 bits per heavy atom. The standard InChI is InChI=1S/C11H9BrFNS/c1-6-4-9(12)11(15-6)8-5-7(14)2-3-10(8)13/h2-5H,14H2,1H3. The third kappa shape index (κ3) is 2.06. The van der Waals surface area contributed by atoms with Crippen molar-refractivity contribution in [3.8, 4) is 10.4 Å². The van der Waals surface area contributed by atoms with E-state index in [1.54, 1.807) is 23.5 Å². The van der Waals surface area contributed by atoms with Crippen molar-refractivity contribution >= 4 is 33.0 Å². The molecule has 1 aromatic carbocycles. The summed E-state index contributed by atoms with van der Waals surface area (Å²) in [6.07, 6.45) is 0. The summed E-state index contributed by atoms with van der Waals surface area (Å²) >= 11 is 4.96. The maximum atomic E-state index is 13.6. The van der Waals surface area contributed by atoms with Crippen LogP contribution in [0.4, 0.5) is 10.1 Å². The highest BCUT2D eigenvalue weighted by Crippen LogP contribution is 2.38. The smallest absolute Gasteiger partial charge is 0.132 e. The lowest BCUT2D eigenvalue weighted by atomic mass is 10.1. The van der Waals surface area contributed by atoms with Gasteiger partial charge in [-0.1, -0.05) is 0 Å². The molecule has 0 aliphatic heterocycles. The maximum Gasteiger partial charge on any atom is 0.132 e. The van der Waals surface area contributed by atoms with Gasteiger partial charge in [-0.05, 0) is 47.1 Å². The molecule has 0 saturated heterocycles. The topological polar surface area (TPSA) is 26.0 Å². The van der Waals surface area contributed by atoms with Gasteiger partial charge in [-0.25, -0.2) is 4.39 Å². The van der Waals surface area contributed by atoms with Gasteiger partial charge in [-0.3, -0.25) is 0 Å². The average molecular weight is 286 g/mol. The zero-order chi connectivity index (χ0) is 11.0. The van der Waals surface area contributed by atoms with Crippen molar-refractivity contribution in [3.63, 3.8) is 0 Å². The molecule has 0 saturated carbocycles. The Bertz CT molecular complexity index is 507. The van der Waals surface area contributed by atoms with Crippen LogP contribution in [0.2, 0.25) is 0 Å². The first-order valence-electron chi connectivity index (χ1n) is 4.39. The van der Waals surface area contributed by atoms with E-state index in [0.717, 1.165) is 14.2 Å². The monoisotopic (exact) mass is 285 g/mol. The molecule has 2 N–H and O–H groups in total. The fraction of sp³-hybridized carbons (Fsp3) is 0.0909. The van der Waals surface area contributed by atoms with E-state index in [2.05, 4.69) is 15.9 Å². The first-order valence-corrected chi connectivity index (χ1v) is 6.00. The number of halogens is 2. The summed E-state index contributed by atoms with van der Waals surface area (Å²) in [6, 6.07) is 6.59. The van der Waals surface area contributed by atoms with E-state index < -0.39 is 0 Å². The van der Waals surface area contributed by atoms with Crippen LogP contribution < -0.4 is 5.73 Å². The quantitative estimate of drug-likeness (QED) is 0.781. The molecule has 0 spiro atoms. The third-order valence-corrected chi connectivity index (χ3v) is 4.02. The van der Waals surface area contributed by atoms with Crippen LogP contribution in [-0.2, 0) is 0 Å². The molecule has 1 heterocycles. The molecule has 0 atom stereocenters. The van der Waals surface area contributed by atoms with E-state index in [1.165, 1.54) is 6.07 Å². The van der Waals surface area contributed by atoms with Gasteiger partial charge >= 0.3 is 0 Å². The fourth-order valence-corrected chi connectivity index (χ4v) is 3.26. The van der Waals surface area contributed by atoms with Crippen LogP contribution in [0.5, 0.6) is 0 Å². The number of nitrogens with two attached hydrogens (primary N) is 1. The summed E-state index contributed by atoms with van der Waals surface area (Å²) in [5, 5.41) is 0. The Balaban J connectivity index is 2.62. The van der Waals surface area contributed by atoms with Crippen LogP contribution in [0.25, 0.3) is 10.4 Å². The van der Waals surface area contributed by atoms with Crippen molar-refractivity contribution < 1.29 is 4.39 Å². The van der Waals surface area contributed by atoms with E-state index in [9.17, 15) is 4.39 Å². The summed E-state index contributed by atoms with van der Waals surface area (Å²) in [4.78, 5) is 2.02. The summed E-state index contributed by atoms with van der Waals surface area (Å²) in [5.74, 6) is -0.244. The number of nitrogen functional groups attached to an aromatic ring is 1. The molecule has 78 valence electrons. The fourth-order valence-electron chi connectivity index (χ4n) is 1.38. The number of hydrogen-bond acceptors (Lipinski definition) is 2. The molecular weight excluding hydrogens is 277 g/mol. The highest BCUT2D eigenvalue weighted by atomic mass is 79.9. The van der Waals surface area contributed by atoms with Gasteiger partial charge < -0.3 is 5.73 Å². The predicted molar refractivity (Wildman–Crippen MR) is 66.6 cm³/mol. The van der Waals surface area contributed by atoms with Crippen LogP contribution in [-0.4, -0.2) is 0 Å². The van der Waals surface area contributed by atoms with Crippen molar-refractivity contribution in [3.05, 3.63) is 39.4 Å². The summed E-state index contributed by atoms with van der Waals surface area (Å²) < 4.78 is 14.5. The summed E-state index contributed by atoms with van der Waals surface area (Å²) in [7, 11) is 0. The predicted octanol–water partition coefficient (Wildman–Crippen LogP) is 4.21. The number of rotatable bonds is 1. The maximum absolute atomic E-state index is 13.6. The van der Waals surface area contributed by atoms with E-state index in [-0.39, 0.29) is 5.82 Å². The molecule has 1 nitrogen and oxygen atoms in total. The van der Waals surface area contributed by atoms with Crippen molar-refractivity contribution in [2.75, 3.05) is 5.73 Å². The number of thiophene rings is 1. The van der Waals surface area contributed by atoms with Crippen molar-refractivity contribution in [2.45, 2.75) is 6.92 Å². The van der Waals surface area contributed by atoms with Crippen LogP contribution >= 0.6 is 27.3 Å². The lowest BCUT2D eigenvalue weighted by molar-refractivity contribution is 0.632. The minimum Gasteiger partial charge on any atom is -0.399 e. The van der Waals surface area contributed by atoms with Crippen LogP contribution in [0.1, 0.15) is 4.88 Å². The molecule has 2 rings (SSSR count). The van der Waals surface area contributed by atoms with Gasteiger partial charge in [0.2, 0.25) is 0 Å². The lowest BCUT2D eigenvalue weighted by Gasteiger charge is -2.02. The van der Waals surface area contributed by atoms with Crippen molar-refractivity contribution in [2.24, 2.45) is 0 Å². The van der Waals surface area contributed by atoms with Gasteiger partial charge in [0.15, 0.2) is 0 Å². The molecule has 0 aliphatic carbocycles. The molecular formula is C11H9BrFNS. The van der Waals surface area contributed by atoms with Gasteiger partial charge in [0.1, 0.15) is 5.82 Å². The highest BCUT2D eigenvalue weighted by molar-refractivity contribution is 9.10. The zero-order valence-electron chi connectivity index (χ0n) is 8.05. The number of benzene rings is 1. The Morgan fingerprint density at radius 1 is 1.33 bits per heavy atom. The number of hydrogen-bond donors (Lipinski definition) is 1. The van der Waals surface area contributed by atoms with Gasteiger partial charge in [0, 0.05) is 20.6 Å². The normalized spacial score (nSPS) is 10.6. The Kier molecular flexibility index (Phi) is 2.80. The van der Waals surface area contributed by atoms with Crippen molar-refractivity contribution in [1.29, 1.82) is 0 Å². The zero-order valence-corrected chi connectivity index (χ0v) is 10.5. The largest absolute Gasteiger partial charge is 0.399 e.